The van der Waals surface area contributed by atoms with Crippen molar-refractivity contribution in [1.29, 1.82) is 5.26 Å². The highest BCUT2D eigenvalue weighted by atomic mass is 35.5. The molecule has 3 N–H and O–H groups in total. The van der Waals surface area contributed by atoms with Gasteiger partial charge in [0.2, 0.25) is 0 Å². The summed E-state index contributed by atoms with van der Waals surface area (Å²) in [7, 11) is 0. The first kappa shape index (κ1) is 22.2. The predicted octanol–water partition coefficient (Wildman–Crippen LogP) is 5.28. The smallest absolute Gasteiger partial charge is 0.334 e. The summed E-state index contributed by atoms with van der Waals surface area (Å²) in [5.41, 5.74) is 11.2. The number of carbonyl (C=O) groups excluding carboxylic acids is 1. The maximum atomic E-state index is 13.6. The molecule has 3 aromatic carbocycles. The first-order valence-corrected chi connectivity index (χ1v) is 11.5. The molecule has 3 aromatic rings. The molecule has 0 radical (unpaired) electrons. The van der Waals surface area contributed by atoms with Crippen molar-refractivity contribution >= 4 is 29.0 Å². The molecule has 34 heavy (non-hydrogen) atoms. The molecule has 2 amide bonds. The number of benzene rings is 3. The SMILES string of the molecule is N#Cc1cccc(-c2ccc3c(c2)NCC32CCN(N(C(N)=O)c3ccc(F)c(Cl)c3)CC2)c1. The van der Waals surface area contributed by atoms with Crippen molar-refractivity contribution in [2.24, 2.45) is 5.73 Å². The van der Waals surface area contributed by atoms with Crippen LogP contribution in [0.5, 0.6) is 0 Å². The lowest BCUT2D eigenvalue weighted by molar-refractivity contribution is 0.157. The molecule has 0 saturated carbocycles. The fourth-order valence-electron chi connectivity index (χ4n) is 5.08. The Morgan fingerprint density at radius 3 is 2.59 bits per heavy atom. The van der Waals surface area contributed by atoms with E-state index in [1.807, 2.05) is 23.2 Å². The van der Waals surface area contributed by atoms with E-state index in [1.54, 1.807) is 6.07 Å². The Hall–Kier alpha value is -3.60. The van der Waals surface area contributed by atoms with Crippen LogP contribution in [-0.2, 0) is 5.41 Å². The maximum Gasteiger partial charge on any atom is 0.334 e. The number of urea groups is 1. The Labute approximate surface area is 202 Å². The molecule has 1 spiro atoms. The second kappa shape index (κ2) is 8.64. The summed E-state index contributed by atoms with van der Waals surface area (Å²) in [5, 5.41) is 16.0. The van der Waals surface area contributed by atoms with Gasteiger partial charge in [0.05, 0.1) is 22.3 Å². The fraction of sp³-hybridized carbons (Fsp3) is 0.231. The van der Waals surface area contributed by atoms with Crippen molar-refractivity contribution in [1.82, 2.24) is 5.01 Å². The van der Waals surface area contributed by atoms with E-state index in [-0.39, 0.29) is 10.4 Å². The number of piperidine rings is 1. The number of amides is 2. The van der Waals surface area contributed by atoms with Crippen LogP contribution in [0.2, 0.25) is 5.02 Å². The first-order valence-electron chi connectivity index (χ1n) is 11.1. The predicted molar refractivity (Wildman–Crippen MR) is 131 cm³/mol. The molecular formula is C26H23ClFN5O. The Kier molecular flexibility index (Phi) is 5.64. The summed E-state index contributed by atoms with van der Waals surface area (Å²) in [6.45, 7) is 2.05. The van der Waals surface area contributed by atoms with Crippen LogP contribution < -0.4 is 16.1 Å². The molecule has 0 bridgehead atoms. The zero-order chi connectivity index (χ0) is 23.9. The minimum Gasteiger partial charge on any atom is -0.384 e. The maximum absolute atomic E-state index is 13.6. The lowest BCUT2D eigenvalue weighted by atomic mass is 9.74. The number of hydrazine groups is 1. The van der Waals surface area contributed by atoms with E-state index in [2.05, 4.69) is 29.6 Å². The molecule has 8 heteroatoms. The van der Waals surface area contributed by atoms with Crippen molar-refractivity contribution in [2.45, 2.75) is 18.3 Å². The lowest BCUT2D eigenvalue weighted by Gasteiger charge is -2.43. The Bertz CT molecular complexity index is 1310. The fourth-order valence-corrected chi connectivity index (χ4v) is 5.25. The summed E-state index contributed by atoms with van der Waals surface area (Å²) < 4.78 is 13.6. The highest BCUT2D eigenvalue weighted by Crippen LogP contribution is 2.45. The van der Waals surface area contributed by atoms with Gasteiger partial charge in [0.25, 0.3) is 0 Å². The van der Waals surface area contributed by atoms with E-state index < -0.39 is 11.8 Å². The molecule has 0 aromatic heterocycles. The van der Waals surface area contributed by atoms with Crippen molar-refractivity contribution in [3.8, 4) is 17.2 Å². The number of fused-ring (bicyclic) bond motifs is 2. The minimum atomic E-state index is -0.632. The van der Waals surface area contributed by atoms with Gasteiger partial charge < -0.3 is 11.1 Å². The van der Waals surface area contributed by atoms with E-state index in [9.17, 15) is 14.4 Å². The quantitative estimate of drug-likeness (QED) is 0.540. The number of anilines is 2. The number of nitrogens with two attached hydrogens (primary N) is 1. The number of hydrogen-bond acceptors (Lipinski definition) is 4. The van der Waals surface area contributed by atoms with Crippen LogP contribution in [0.25, 0.3) is 11.1 Å². The highest BCUT2D eigenvalue weighted by molar-refractivity contribution is 6.31. The van der Waals surface area contributed by atoms with Crippen LogP contribution in [0.15, 0.2) is 60.7 Å². The largest absolute Gasteiger partial charge is 0.384 e. The van der Waals surface area contributed by atoms with Crippen LogP contribution in [0.1, 0.15) is 24.0 Å². The zero-order valence-corrected chi connectivity index (χ0v) is 19.1. The number of nitrogens with one attached hydrogen (secondary N) is 1. The molecule has 172 valence electrons. The average molecular weight is 476 g/mol. The van der Waals surface area contributed by atoms with E-state index in [0.717, 1.165) is 36.2 Å². The van der Waals surface area contributed by atoms with Crippen molar-refractivity contribution in [2.75, 3.05) is 30.0 Å². The highest BCUT2D eigenvalue weighted by Gasteiger charge is 2.43. The average Bonchev–Trinajstić information content (AvgIpc) is 3.20. The summed E-state index contributed by atoms with van der Waals surface area (Å²) >= 11 is 5.93. The molecule has 2 aliphatic heterocycles. The van der Waals surface area contributed by atoms with Gasteiger partial charge in [0.15, 0.2) is 0 Å². The molecular weight excluding hydrogens is 453 g/mol. The second-order valence-electron chi connectivity index (χ2n) is 8.79. The Morgan fingerprint density at radius 2 is 1.88 bits per heavy atom. The van der Waals surface area contributed by atoms with Crippen LogP contribution in [0.3, 0.4) is 0 Å². The molecule has 6 nitrogen and oxygen atoms in total. The van der Waals surface area contributed by atoms with Crippen LogP contribution in [0.4, 0.5) is 20.6 Å². The molecule has 2 aliphatic rings. The van der Waals surface area contributed by atoms with Gasteiger partial charge in [0, 0.05) is 30.7 Å². The third kappa shape index (κ3) is 3.85. The number of nitriles is 1. The summed E-state index contributed by atoms with van der Waals surface area (Å²) in [6, 6.07) is 19.7. The normalized spacial score (nSPS) is 16.5. The summed E-state index contributed by atoms with van der Waals surface area (Å²) in [5.74, 6) is -0.542. The Balaban J connectivity index is 1.37. The minimum absolute atomic E-state index is 0.0391. The molecule has 0 atom stereocenters. The van der Waals surface area contributed by atoms with Gasteiger partial charge in [-0.05, 0) is 65.9 Å². The third-order valence-electron chi connectivity index (χ3n) is 6.87. The van der Waals surface area contributed by atoms with Crippen molar-refractivity contribution in [3.05, 3.63) is 82.6 Å². The molecule has 1 saturated heterocycles. The molecule has 0 aliphatic carbocycles. The second-order valence-corrected chi connectivity index (χ2v) is 9.20. The van der Waals surface area contributed by atoms with Crippen LogP contribution in [-0.4, -0.2) is 30.7 Å². The van der Waals surface area contributed by atoms with Crippen molar-refractivity contribution in [3.63, 3.8) is 0 Å². The van der Waals surface area contributed by atoms with Gasteiger partial charge in [0.1, 0.15) is 5.82 Å². The summed E-state index contributed by atoms with van der Waals surface area (Å²) in [6.07, 6.45) is 1.66. The van der Waals surface area contributed by atoms with E-state index in [1.165, 1.54) is 28.8 Å². The Morgan fingerprint density at radius 1 is 1.12 bits per heavy atom. The lowest BCUT2D eigenvalue weighted by Crippen LogP contribution is -2.55. The van der Waals surface area contributed by atoms with Gasteiger partial charge in [-0.25, -0.2) is 19.2 Å². The number of primary amides is 1. The van der Waals surface area contributed by atoms with E-state index in [0.29, 0.717) is 24.3 Å². The van der Waals surface area contributed by atoms with Gasteiger partial charge in [-0.2, -0.15) is 5.26 Å². The number of rotatable bonds is 3. The van der Waals surface area contributed by atoms with Crippen LogP contribution in [0, 0.1) is 17.1 Å². The standard InChI is InChI=1S/C26H23ClFN5O/c27-22-14-20(5-7-23(22)28)33(25(30)34)32-10-8-26(9-11-32)16-31-24-13-19(4-6-21(24)26)18-3-1-2-17(12-18)15-29/h1-7,12-14,31H,8-11,16H2,(H2,30,34). The van der Waals surface area contributed by atoms with Crippen LogP contribution >= 0.6 is 11.6 Å². The molecule has 1 fully saturated rings. The van der Waals surface area contributed by atoms with Gasteiger partial charge >= 0.3 is 6.03 Å². The number of carbonyl (C=O) groups is 1. The summed E-state index contributed by atoms with van der Waals surface area (Å²) in [4.78, 5) is 12.3. The third-order valence-corrected chi connectivity index (χ3v) is 7.16. The molecule has 5 rings (SSSR count). The zero-order valence-electron chi connectivity index (χ0n) is 18.4. The van der Waals surface area contributed by atoms with Gasteiger partial charge in [-0.15, -0.1) is 0 Å². The number of nitrogens with zero attached hydrogens (tertiary/aromatic N) is 3. The monoisotopic (exact) mass is 475 g/mol. The van der Waals surface area contributed by atoms with Crippen molar-refractivity contribution < 1.29 is 9.18 Å². The number of hydrogen-bond donors (Lipinski definition) is 2. The van der Waals surface area contributed by atoms with Gasteiger partial charge in [-0.1, -0.05) is 35.9 Å². The van der Waals surface area contributed by atoms with E-state index >= 15 is 0 Å². The topological polar surface area (TPSA) is 85.4 Å². The number of halogens is 2. The molecule has 0 unspecified atom stereocenters. The van der Waals surface area contributed by atoms with Gasteiger partial charge in [-0.3, -0.25) is 0 Å². The molecule has 2 heterocycles. The van der Waals surface area contributed by atoms with E-state index in [4.69, 9.17) is 17.3 Å². The first-order chi connectivity index (χ1) is 16.4.